The molecule has 1 rings (SSSR count). The van der Waals surface area contributed by atoms with E-state index in [9.17, 15) is 21.2 Å². The lowest BCUT2D eigenvalue weighted by molar-refractivity contribution is 0.576. The van der Waals surface area contributed by atoms with Crippen molar-refractivity contribution in [3.63, 3.8) is 0 Å². The monoisotopic (exact) mass is 296 g/mol. The lowest BCUT2D eigenvalue weighted by Crippen LogP contribution is -2.27. The lowest BCUT2D eigenvalue weighted by atomic mass is 10.4. The van der Waals surface area contributed by atoms with E-state index in [1.165, 1.54) is 0 Å². The molecule has 0 unspecified atom stereocenters. The van der Waals surface area contributed by atoms with Crippen LogP contribution in [0.1, 0.15) is 6.42 Å². The molecule has 0 atom stereocenters. The number of sulfonamides is 2. The van der Waals surface area contributed by atoms with Gasteiger partial charge in [0.1, 0.15) is 5.82 Å². The van der Waals surface area contributed by atoms with Gasteiger partial charge in [-0.1, -0.05) is 0 Å². The second-order valence-electron chi connectivity index (χ2n) is 3.57. The average Bonchev–Trinajstić information content (AvgIpc) is 2.24. The molecule has 0 radical (unpaired) electrons. The van der Waals surface area contributed by atoms with Gasteiger partial charge in [-0.25, -0.2) is 31.1 Å². The average molecular weight is 296 g/mol. The van der Waals surface area contributed by atoms with Gasteiger partial charge in [0.25, 0.3) is 0 Å². The molecule has 3 N–H and O–H groups in total. The molecule has 9 heteroatoms. The van der Waals surface area contributed by atoms with Crippen LogP contribution in [0.25, 0.3) is 0 Å². The molecule has 0 aliphatic rings. The summed E-state index contributed by atoms with van der Waals surface area (Å²) in [5.74, 6) is -0.845. The highest BCUT2D eigenvalue weighted by Gasteiger charge is 2.13. The fourth-order valence-electron chi connectivity index (χ4n) is 1.18. The Morgan fingerprint density at radius 3 is 2.17 bits per heavy atom. The Hall–Kier alpha value is -1.03. The van der Waals surface area contributed by atoms with Gasteiger partial charge in [-0.3, -0.25) is 0 Å². The number of nitrogens with two attached hydrogens (primary N) is 1. The summed E-state index contributed by atoms with van der Waals surface area (Å²) in [7, 11) is -7.34. The zero-order valence-corrected chi connectivity index (χ0v) is 11.0. The van der Waals surface area contributed by atoms with Crippen molar-refractivity contribution in [3.8, 4) is 0 Å². The molecule has 0 bridgehead atoms. The summed E-state index contributed by atoms with van der Waals surface area (Å²) in [4.78, 5) is -0.0838. The zero-order valence-electron chi connectivity index (χ0n) is 9.34. The van der Waals surface area contributed by atoms with E-state index in [4.69, 9.17) is 5.14 Å². The molecule has 18 heavy (non-hydrogen) atoms. The largest absolute Gasteiger partial charge is 0.240 e. The maximum Gasteiger partial charge on any atom is 0.240 e. The van der Waals surface area contributed by atoms with Crippen LogP contribution in [0.15, 0.2) is 29.2 Å². The second kappa shape index (κ2) is 5.74. The van der Waals surface area contributed by atoms with Crippen LogP contribution < -0.4 is 9.86 Å². The van der Waals surface area contributed by atoms with Crippen LogP contribution >= 0.6 is 0 Å². The molecule has 1 aromatic rings. The zero-order chi connectivity index (χ0) is 13.8. The molecule has 0 heterocycles. The Morgan fingerprint density at radius 2 is 1.67 bits per heavy atom. The van der Waals surface area contributed by atoms with Crippen molar-refractivity contribution in [1.29, 1.82) is 0 Å². The summed E-state index contributed by atoms with van der Waals surface area (Å²) in [6.07, 6.45) is 0.0687. The van der Waals surface area contributed by atoms with Crippen molar-refractivity contribution in [1.82, 2.24) is 4.72 Å². The standard InChI is InChI=1S/C9H13FN2O4S2/c10-8-2-4-9(5-3-8)18(15,16)12-6-1-7-17(11,13)14/h2-5,12H,1,6-7H2,(H2,11,13,14). The first-order chi connectivity index (χ1) is 8.21. The van der Waals surface area contributed by atoms with Gasteiger partial charge in [0.05, 0.1) is 10.6 Å². The number of primary sulfonamides is 1. The molecular weight excluding hydrogens is 283 g/mol. The van der Waals surface area contributed by atoms with Crippen LogP contribution in [0, 0.1) is 5.82 Å². The molecule has 0 spiro atoms. The van der Waals surface area contributed by atoms with Crippen LogP contribution in [0.5, 0.6) is 0 Å². The summed E-state index contributed by atoms with van der Waals surface area (Å²) in [6, 6.07) is 4.30. The minimum absolute atomic E-state index is 0.0594. The molecule has 0 aliphatic heterocycles. The van der Waals surface area contributed by atoms with E-state index in [0.29, 0.717) is 0 Å². The van der Waals surface area contributed by atoms with E-state index < -0.39 is 25.9 Å². The minimum atomic E-state index is -3.75. The number of hydrogen-bond acceptors (Lipinski definition) is 4. The minimum Gasteiger partial charge on any atom is -0.229 e. The van der Waals surface area contributed by atoms with E-state index in [1.54, 1.807) is 0 Å². The van der Waals surface area contributed by atoms with Crippen LogP contribution in [0.4, 0.5) is 4.39 Å². The molecule has 0 aliphatic carbocycles. The number of rotatable bonds is 6. The maximum atomic E-state index is 12.6. The van der Waals surface area contributed by atoms with Gasteiger partial charge < -0.3 is 0 Å². The highest BCUT2D eigenvalue weighted by molar-refractivity contribution is 7.89. The van der Waals surface area contributed by atoms with Crippen molar-refractivity contribution in [2.45, 2.75) is 11.3 Å². The SMILES string of the molecule is NS(=O)(=O)CCCNS(=O)(=O)c1ccc(F)cc1. The molecule has 0 fully saturated rings. The first-order valence-corrected chi connectivity index (χ1v) is 8.16. The summed E-state index contributed by atoms with van der Waals surface area (Å²) in [5.41, 5.74) is 0. The van der Waals surface area contributed by atoms with Gasteiger partial charge in [0.15, 0.2) is 0 Å². The topological polar surface area (TPSA) is 106 Å². The highest BCUT2D eigenvalue weighted by atomic mass is 32.2. The first-order valence-electron chi connectivity index (χ1n) is 4.96. The van der Waals surface area contributed by atoms with Crippen LogP contribution in [0.2, 0.25) is 0 Å². The number of halogens is 1. The third-order valence-corrected chi connectivity index (χ3v) is 4.36. The third kappa shape index (κ3) is 5.08. The summed E-state index contributed by atoms with van der Waals surface area (Å²) < 4.78 is 59.4. The van der Waals surface area contributed by atoms with E-state index >= 15 is 0 Å². The highest BCUT2D eigenvalue weighted by Crippen LogP contribution is 2.09. The van der Waals surface area contributed by atoms with E-state index in [0.717, 1.165) is 24.3 Å². The van der Waals surface area contributed by atoms with Crippen molar-refractivity contribution >= 4 is 20.0 Å². The van der Waals surface area contributed by atoms with Crippen LogP contribution in [0.3, 0.4) is 0 Å². The molecule has 1 aromatic carbocycles. The molecule has 0 aromatic heterocycles. The molecule has 6 nitrogen and oxygen atoms in total. The summed E-state index contributed by atoms with van der Waals surface area (Å²) in [5, 5.41) is 4.77. The molecular formula is C9H13FN2O4S2. The fourth-order valence-corrected chi connectivity index (χ4v) is 2.80. The Bertz CT molecular complexity index is 596. The number of nitrogens with one attached hydrogen (secondary N) is 1. The van der Waals surface area contributed by atoms with E-state index in [2.05, 4.69) is 4.72 Å². The van der Waals surface area contributed by atoms with E-state index in [1.807, 2.05) is 0 Å². The van der Waals surface area contributed by atoms with Crippen molar-refractivity contribution in [3.05, 3.63) is 30.1 Å². The van der Waals surface area contributed by atoms with Gasteiger partial charge >= 0.3 is 0 Å². The maximum absolute atomic E-state index is 12.6. The summed E-state index contributed by atoms with van der Waals surface area (Å²) >= 11 is 0. The van der Waals surface area contributed by atoms with Crippen molar-refractivity contribution in [2.75, 3.05) is 12.3 Å². The molecule has 102 valence electrons. The normalized spacial score (nSPS) is 12.6. The van der Waals surface area contributed by atoms with Crippen LogP contribution in [-0.4, -0.2) is 29.1 Å². The van der Waals surface area contributed by atoms with Gasteiger partial charge in [0, 0.05) is 6.54 Å². The Labute approximate surface area is 105 Å². The molecule has 0 amide bonds. The fraction of sp³-hybridized carbons (Fsp3) is 0.333. The van der Waals surface area contributed by atoms with Gasteiger partial charge in [-0.05, 0) is 30.7 Å². The predicted octanol–water partition coefficient (Wildman–Crippen LogP) is -0.217. The molecule has 0 saturated carbocycles. The number of hydrogen-bond donors (Lipinski definition) is 2. The second-order valence-corrected chi connectivity index (χ2v) is 7.07. The number of benzene rings is 1. The lowest BCUT2D eigenvalue weighted by Gasteiger charge is -2.06. The Kier molecular flexibility index (Phi) is 4.79. The van der Waals surface area contributed by atoms with Crippen molar-refractivity contribution in [2.24, 2.45) is 5.14 Å². The van der Waals surface area contributed by atoms with Crippen LogP contribution in [-0.2, 0) is 20.0 Å². The van der Waals surface area contributed by atoms with Gasteiger partial charge in [-0.2, -0.15) is 0 Å². The quantitative estimate of drug-likeness (QED) is 0.708. The Balaban J connectivity index is 2.58. The van der Waals surface area contributed by atoms with Gasteiger partial charge in [0.2, 0.25) is 20.0 Å². The predicted molar refractivity (Wildman–Crippen MR) is 64.2 cm³/mol. The smallest absolute Gasteiger partial charge is 0.229 e. The van der Waals surface area contributed by atoms with Crippen molar-refractivity contribution < 1.29 is 21.2 Å². The van der Waals surface area contributed by atoms with Gasteiger partial charge in [-0.15, -0.1) is 0 Å². The summed E-state index contributed by atoms with van der Waals surface area (Å²) in [6.45, 7) is -0.0594. The van der Waals surface area contributed by atoms with E-state index in [-0.39, 0.29) is 23.6 Å². The molecule has 0 saturated heterocycles. The Morgan fingerprint density at radius 1 is 1.11 bits per heavy atom. The third-order valence-electron chi connectivity index (χ3n) is 2.02. The first kappa shape index (κ1) is 15.0.